The lowest BCUT2D eigenvalue weighted by Gasteiger charge is -2.18. The van der Waals surface area contributed by atoms with Gasteiger partial charge < -0.3 is 10.1 Å². The van der Waals surface area contributed by atoms with Crippen LogP contribution in [-0.4, -0.2) is 28.3 Å². The van der Waals surface area contributed by atoms with Crippen molar-refractivity contribution in [2.45, 2.75) is 25.0 Å². The zero-order valence-electron chi connectivity index (χ0n) is 18.7. The van der Waals surface area contributed by atoms with E-state index in [1.807, 2.05) is 80.6 Å². The number of thioether (sulfide) groups is 1. The molecule has 1 aromatic heterocycles. The van der Waals surface area contributed by atoms with Gasteiger partial charge in [-0.15, -0.1) is 0 Å². The van der Waals surface area contributed by atoms with E-state index in [1.54, 1.807) is 17.7 Å². The van der Waals surface area contributed by atoms with Crippen LogP contribution in [0, 0.1) is 6.92 Å². The van der Waals surface area contributed by atoms with Gasteiger partial charge in [0.15, 0.2) is 5.16 Å². The molecule has 3 aromatic carbocycles. The van der Waals surface area contributed by atoms with Gasteiger partial charge in [0.05, 0.1) is 35.5 Å². The number of hydrogen-bond acceptors (Lipinski definition) is 5. The number of aryl methyl sites for hydroxylation is 1. The Hall–Kier alpha value is -3.58. The number of nitrogens with zero attached hydrogens (tertiary/aromatic N) is 2. The van der Waals surface area contributed by atoms with Crippen LogP contribution in [0.3, 0.4) is 0 Å². The molecule has 0 saturated carbocycles. The molecule has 0 spiro atoms. The van der Waals surface area contributed by atoms with Crippen molar-refractivity contribution in [3.8, 4) is 11.4 Å². The van der Waals surface area contributed by atoms with Crippen molar-refractivity contribution in [3.05, 3.63) is 94.3 Å². The third-order valence-corrected chi connectivity index (χ3v) is 6.36. The monoisotopic (exact) mass is 459 g/mol. The van der Waals surface area contributed by atoms with E-state index in [9.17, 15) is 9.59 Å². The molecule has 1 atom stereocenters. The number of para-hydroxylation sites is 3. The maximum atomic E-state index is 13.4. The van der Waals surface area contributed by atoms with E-state index in [0.717, 1.165) is 22.6 Å². The smallest absolute Gasteiger partial charge is 0.266 e. The van der Waals surface area contributed by atoms with Crippen LogP contribution in [0.4, 0.5) is 0 Å². The van der Waals surface area contributed by atoms with Crippen molar-refractivity contribution in [3.63, 3.8) is 0 Å². The number of carbonyl (C=O) groups is 1. The summed E-state index contributed by atoms with van der Waals surface area (Å²) >= 11 is 1.24. The maximum absolute atomic E-state index is 13.4. The van der Waals surface area contributed by atoms with E-state index in [4.69, 9.17) is 9.72 Å². The second-order valence-corrected chi connectivity index (χ2v) is 8.60. The number of rotatable bonds is 7. The molecule has 168 valence electrons. The zero-order valence-corrected chi connectivity index (χ0v) is 19.6. The van der Waals surface area contributed by atoms with Gasteiger partial charge in [-0.05, 0) is 43.7 Å². The topological polar surface area (TPSA) is 73.2 Å². The third kappa shape index (κ3) is 4.78. The molecule has 1 N–H and O–H groups in total. The van der Waals surface area contributed by atoms with Crippen LogP contribution in [0.1, 0.15) is 24.1 Å². The molecule has 7 heteroatoms. The highest BCUT2D eigenvalue weighted by Crippen LogP contribution is 2.26. The lowest BCUT2D eigenvalue weighted by molar-refractivity contribution is -0.119. The predicted octanol–water partition coefficient (Wildman–Crippen LogP) is 4.67. The largest absolute Gasteiger partial charge is 0.496 e. The summed E-state index contributed by atoms with van der Waals surface area (Å²) < 4.78 is 7.00. The Kier molecular flexibility index (Phi) is 6.79. The minimum atomic E-state index is -0.225. The molecule has 1 heterocycles. The van der Waals surface area contributed by atoms with Crippen molar-refractivity contribution < 1.29 is 9.53 Å². The highest BCUT2D eigenvalue weighted by Gasteiger charge is 2.18. The molecule has 33 heavy (non-hydrogen) atoms. The molecule has 1 unspecified atom stereocenters. The van der Waals surface area contributed by atoms with Crippen LogP contribution in [0.2, 0.25) is 0 Å². The first kappa shape index (κ1) is 22.6. The van der Waals surface area contributed by atoms with Gasteiger partial charge in [-0.2, -0.15) is 0 Å². The van der Waals surface area contributed by atoms with E-state index < -0.39 is 0 Å². The van der Waals surface area contributed by atoms with E-state index in [1.165, 1.54) is 11.8 Å². The summed E-state index contributed by atoms with van der Waals surface area (Å²) in [6.45, 7) is 3.87. The van der Waals surface area contributed by atoms with Gasteiger partial charge in [0, 0.05) is 5.56 Å². The Bertz CT molecular complexity index is 1370. The molecule has 0 saturated heterocycles. The fourth-order valence-corrected chi connectivity index (χ4v) is 4.57. The lowest BCUT2D eigenvalue weighted by atomic mass is 10.1. The van der Waals surface area contributed by atoms with Crippen molar-refractivity contribution >= 4 is 28.6 Å². The zero-order chi connectivity index (χ0) is 23.4. The number of benzene rings is 3. The van der Waals surface area contributed by atoms with Crippen molar-refractivity contribution in [1.82, 2.24) is 14.9 Å². The second-order valence-electron chi connectivity index (χ2n) is 7.66. The molecule has 0 fully saturated rings. The molecular weight excluding hydrogens is 434 g/mol. The molecule has 6 nitrogen and oxygen atoms in total. The van der Waals surface area contributed by atoms with Crippen LogP contribution in [0.5, 0.6) is 5.75 Å². The van der Waals surface area contributed by atoms with Gasteiger partial charge in [0.25, 0.3) is 5.56 Å². The Labute approximate surface area is 196 Å². The van der Waals surface area contributed by atoms with Crippen LogP contribution in [-0.2, 0) is 4.79 Å². The number of methoxy groups -OCH3 is 1. The first-order valence-corrected chi connectivity index (χ1v) is 11.6. The summed E-state index contributed by atoms with van der Waals surface area (Å²) in [4.78, 5) is 30.9. The van der Waals surface area contributed by atoms with Crippen LogP contribution in [0.25, 0.3) is 16.6 Å². The number of hydrogen-bond donors (Lipinski definition) is 1. The van der Waals surface area contributed by atoms with Gasteiger partial charge in [-0.25, -0.2) is 4.98 Å². The number of amides is 1. The fraction of sp³-hybridized carbons (Fsp3) is 0.192. The Balaban J connectivity index is 1.62. The molecule has 4 rings (SSSR count). The number of nitrogens with one attached hydrogen (secondary N) is 1. The number of ether oxygens (including phenoxy) is 1. The standard InChI is InChI=1S/C26H25N3O3S/c1-17-10-4-8-14-22(17)29-25(31)20-12-5-7-13-21(20)28-26(29)33-16-24(30)27-18(2)19-11-6-9-15-23(19)32-3/h4-15,18H,16H2,1-3H3,(H,27,30). The molecule has 0 bridgehead atoms. The summed E-state index contributed by atoms with van der Waals surface area (Å²) in [5.41, 5.74) is 3.07. The quantitative estimate of drug-likeness (QED) is 0.321. The normalized spacial score (nSPS) is 11.8. The third-order valence-electron chi connectivity index (χ3n) is 5.42. The average Bonchev–Trinajstić information content (AvgIpc) is 2.83. The van der Waals surface area contributed by atoms with Crippen molar-refractivity contribution in [1.29, 1.82) is 0 Å². The lowest BCUT2D eigenvalue weighted by Crippen LogP contribution is -2.29. The molecule has 4 aromatic rings. The molecule has 0 aliphatic carbocycles. The predicted molar refractivity (Wildman–Crippen MR) is 132 cm³/mol. The highest BCUT2D eigenvalue weighted by molar-refractivity contribution is 7.99. The minimum Gasteiger partial charge on any atom is -0.496 e. The molecule has 0 radical (unpaired) electrons. The summed E-state index contributed by atoms with van der Waals surface area (Å²) in [5, 5.41) is 4.03. The number of carbonyl (C=O) groups excluding carboxylic acids is 1. The number of aromatic nitrogens is 2. The van der Waals surface area contributed by atoms with Gasteiger partial charge >= 0.3 is 0 Å². The van der Waals surface area contributed by atoms with Crippen molar-refractivity contribution in [2.75, 3.05) is 12.9 Å². The molecule has 0 aliphatic heterocycles. The maximum Gasteiger partial charge on any atom is 0.266 e. The molecule has 0 aliphatic rings. The van der Waals surface area contributed by atoms with E-state index in [2.05, 4.69) is 5.32 Å². The van der Waals surface area contributed by atoms with E-state index in [-0.39, 0.29) is 23.3 Å². The van der Waals surface area contributed by atoms with Gasteiger partial charge in [-0.3, -0.25) is 14.2 Å². The first-order chi connectivity index (χ1) is 16.0. The number of fused-ring (bicyclic) bond motifs is 1. The Morgan fingerprint density at radius 1 is 1.06 bits per heavy atom. The van der Waals surface area contributed by atoms with Gasteiger partial charge in [0.2, 0.25) is 5.91 Å². The highest BCUT2D eigenvalue weighted by atomic mass is 32.2. The van der Waals surface area contributed by atoms with Crippen LogP contribution in [0.15, 0.2) is 82.7 Å². The molecular formula is C26H25N3O3S. The van der Waals surface area contributed by atoms with Crippen molar-refractivity contribution in [2.24, 2.45) is 0 Å². The summed E-state index contributed by atoms with van der Waals surface area (Å²) in [5.74, 6) is 0.690. The van der Waals surface area contributed by atoms with E-state index in [0.29, 0.717) is 16.1 Å². The minimum absolute atomic E-state index is 0.121. The fourth-order valence-electron chi connectivity index (χ4n) is 3.75. The SMILES string of the molecule is COc1ccccc1C(C)NC(=O)CSc1nc2ccccc2c(=O)n1-c1ccccc1C. The average molecular weight is 460 g/mol. The summed E-state index contributed by atoms with van der Waals surface area (Å²) in [7, 11) is 1.61. The van der Waals surface area contributed by atoms with Crippen LogP contribution >= 0.6 is 11.8 Å². The Morgan fingerprint density at radius 3 is 2.55 bits per heavy atom. The summed E-state index contributed by atoms with van der Waals surface area (Å²) in [6, 6.07) is 22.3. The Morgan fingerprint density at radius 2 is 1.76 bits per heavy atom. The molecule has 1 amide bonds. The summed E-state index contributed by atoms with van der Waals surface area (Å²) in [6.07, 6.45) is 0. The van der Waals surface area contributed by atoms with Crippen LogP contribution < -0.4 is 15.6 Å². The second kappa shape index (κ2) is 9.92. The van der Waals surface area contributed by atoms with Gasteiger partial charge in [-0.1, -0.05) is 60.3 Å². The van der Waals surface area contributed by atoms with Gasteiger partial charge in [0.1, 0.15) is 5.75 Å². The first-order valence-electron chi connectivity index (χ1n) is 10.6. The van der Waals surface area contributed by atoms with E-state index >= 15 is 0 Å².